The number of pyridine rings is 1. The quantitative estimate of drug-likeness (QED) is 0.809. The van der Waals surface area contributed by atoms with Gasteiger partial charge < -0.3 is 10.1 Å². The Morgan fingerprint density at radius 2 is 2.28 bits per heavy atom. The van der Waals surface area contributed by atoms with Crippen LogP contribution in [0, 0.1) is 6.92 Å². The molecule has 0 aromatic carbocycles. The van der Waals surface area contributed by atoms with Crippen molar-refractivity contribution in [3.63, 3.8) is 0 Å². The molecular formula is C16H19N3O4S2. The predicted octanol–water partition coefficient (Wildman–Crippen LogP) is 1.57. The van der Waals surface area contributed by atoms with Gasteiger partial charge in [0.25, 0.3) is 0 Å². The molecule has 7 nitrogen and oxygen atoms in total. The van der Waals surface area contributed by atoms with Gasteiger partial charge in [-0.05, 0) is 29.5 Å². The summed E-state index contributed by atoms with van der Waals surface area (Å²) in [5.74, 6) is -0.635. The van der Waals surface area contributed by atoms with Crippen molar-refractivity contribution in [3.8, 4) is 0 Å². The zero-order chi connectivity index (χ0) is 18.0. The Hall–Kier alpha value is -1.81. The first-order valence-electron chi connectivity index (χ1n) is 7.75. The van der Waals surface area contributed by atoms with E-state index in [1.54, 1.807) is 30.8 Å². The molecule has 3 heterocycles. The highest BCUT2D eigenvalue weighted by Gasteiger charge is 2.38. The molecule has 25 heavy (non-hydrogen) atoms. The molecule has 0 radical (unpaired) electrons. The van der Waals surface area contributed by atoms with E-state index in [0.717, 1.165) is 16.9 Å². The van der Waals surface area contributed by atoms with Gasteiger partial charge in [0, 0.05) is 32.0 Å². The van der Waals surface area contributed by atoms with Gasteiger partial charge >= 0.3 is 5.97 Å². The molecule has 1 aliphatic heterocycles. The number of hydrogen-bond donors (Lipinski definition) is 1. The molecule has 0 saturated carbocycles. The monoisotopic (exact) mass is 381 g/mol. The maximum Gasteiger partial charge on any atom is 0.349 e. The predicted molar refractivity (Wildman–Crippen MR) is 94.1 cm³/mol. The van der Waals surface area contributed by atoms with Crippen LogP contribution < -0.4 is 5.32 Å². The summed E-state index contributed by atoms with van der Waals surface area (Å²) in [6, 6.07) is 3.26. The number of aromatic nitrogens is 1. The molecule has 3 rings (SSSR count). The minimum Gasteiger partial charge on any atom is -0.465 e. The largest absolute Gasteiger partial charge is 0.465 e. The van der Waals surface area contributed by atoms with Gasteiger partial charge in [-0.15, -0.1) is 11.3 Å². The highest BCUT2D eigenvalue weighted by Crippen LogP contribution is 2.34. The van der Waals surface area contributed by atoms with Crippen LogP contribution in [0.5, 0.6) is 0 Å². The van der Waals surface area contributed by atoms with Crippen molar-refractivity contribution < 1.29 is 17.9 Å². The van der Waals surface area contributed by atoms with E-state index in [0.29, 0.717) is 25.2 Å². The Morgan fingerprint density at radius 3 is 2.96 bits per heavy atom. The molecule has 1 saturated heterocycles. The van der Waals surface area contributed by atoms with Gasteiger partial charge in [-0.2, -0.15) is 4.31 Å². The van der Waals surface area contributed by atoms with Crippen molar-refractivity contribution in [3.05, 3.63) is 45.9 Å². The van der Waals surface area contributed by atoms with Gasteiger partial charge in [0.15, 0.2) is 0 Å². The van der Waals surface area contributed by atoms with Crippen LogP contribution in [0.2, 0.25) is 0 Å². The summed E-state index contributed by atoms with van der Waals surface area (Å²) in [7, 11) is -2.61. The molecule has 1 atom stereocenters. The number of carbonyl (C=O) groups is 1. The molecule has 2 aromatic heterocycles. The third kappa shape index (κ3) is 3.32. The van der Waals surface area contributed by atoms with Crippen LogP contribution in [0.25, 0.3) is 0 Å². The smallest absolute Gasteiger partial charge is 0.349 e. The Kier molecular flexibility index (Phi) is 5.19. The summed E-state index contributed by atoms with van der Waals surface area (Å²) >= 11 is 1.09. The molecule has 1 aliphatic rings. The summed E-state index contributed by atoms with van der Waals surface area (Å²) in [5, 5.41) is 4.89. The maximum atomic E-state index is 13.4. The minimum absolute atomic E-state index is 0.0418. The van der Waals surface area contributed by atoms with Crippen molar-refractivity contribution >= 4 is 27.3 Å². The number of methoxy groups -OCH3 is 1. The zero-order valence-electron chi connectivity index (χ0n) is 13.9. The van der Waals surface area contributed by atoms with Crippen LogP contribution in [0.15, 0.2) is 34.8 Å². The highest BCUT2D eigenvalue weighted by atomic mass is 32.2. The number of hydrogen-bond acceptors (Lipinski definition) is 7. The van der Waals surface area contributed by atoms with E-state index in [1.807, 2.05) is 6.07 Å². The number of ether oxygens (including phenoxy) is 1. The maximum absolute atomic E-state index is 13.4. The zero-order valence-corrected chi connectivity index (χ0v) is 15.6. The second-order valence-electron chi connectivity index (χ2n) is 5.69. The van der Waals surface area contributed by atoms with E-state index >= 15 is 0 Å². The van der Waals surface area contributed by atoms with E-state index in [1.165, 1.54) is 11.4 Å². The highest BCUT2D eigenvalue weighted by molar-refractivity contribution is 7.89. The fourth-order valence-electron chi connectivity index (χ4n) is 2.94. The molecule has 1 unspecified atom stereocenters. The van der Waals surface area contributed by atoms with E-state index in [2.05, 4.69) is 10.3 Å². The molecule has 1 fully saturated rings. The lowest BCUT2D eigenvalue weighted by Gasteiger charge is -2.35. The lowest BCUT2D eigenvalue weighted by atomic mass is 10.1. The Morgan fingerprint density at radius 1 is 1.48 bits per heavy atom. The normalized spacial score (nSPS) is 18.9. The average molecular weight is 381 g/mol. The van der Waals surface area contributed by atoms with Crippen molar-refractivity contribution in [1.82, 2.24) is 14.6 Å². The molecule has 0 amide bonds. The number of aryl methyl sites for hydroxylation is 1. The lowest BCUT2D eigenvalue weighted by Crippen LogP contribution is -2.48. The summed E-state index contributed by atoms with van der Waals surface area (Å²) in [5.41, 5.74) is 1.36. The number of sulfonamides is 1. The van der Waals surface area contributed by atoms with E-state index in [4.69, 9.17) is 4.74 Å². The van der Waals surface area contributed by atoms with Crippen LogP contribution in [0.1, 0.15) is 26.8 Å². The van der Waals surface area contributed by atoms with Gasteiger partial charge in [0.1, 0.15) is 9.77 Å². The fourth-order valence-corrected chi connectivity index (χ4v) is 6.21. The number of carbonyl (C=O) groups excluding carboxylic acids is 1. The summed E-state index contributed by atoms with van der Waals surface area (Å²) in [6.07, 6.45) is 3.32. The summed E-state index contributed by atoms with van der Waals surface area (Å²) in [6.45, 7) is 3.04. The molecule has 1 N–H and O–H groups in total. The molecule has 0 aliphatic carbocycles. The Labute approximate surface area is 150 Å². The molecule has 9 heteroatoms. The van der Waals surface area contributed by atoms with Crippen LogP contribution in [0.3, 0.4) is 0 Å². The number of nitrogens with zero attached hydrogens (tertiary/aromatic N) is 2. The van der Waals surface area contributed by atoms with Crippen molar-refractivity contribution in [2.75, 3.05) is 26.7 Å². The number of esters is 1. The Bertz CT molecular complexity index is 865. The fraction of sp³-hybridized carbons (Fsp3) is 0.375. The van der Waals surface area contributed by atoms with Gasteiger partial charge in [-0.1, -0.05) is 6.07 Å². The van der Waals surface area contributed by atoms with Crippen LogP contribution in [-0.2, 0) is 14.8 Å². The first-order chi connectivity index (χ1) is 12.0. The molecule has 0 bridgehead atoms. The number of rotatable bonds is 4. The van der Waals surface area contributed by atoms with Crippen molar-refractivity contribution in [2.24, 2.45) is 0 Å². The van der Waals surface area contributed by atoms with Crippen LogP contribution in [-0.4, -0.2) is 50.4 Å². The Balaban J connectivity index is 2.07. The molecule has 2 aromatic rings. The van der Waals surface area contributed by atoms with Gasteiger partial charge in [0.2, 0.25) is 10.0 Å². The second kappa shape index (κ2) is 7.20. The SMILES string of the molecule is COC(=O)c1scc(C)c1S(=O)(=O)N1CCNCC1c1cccnc1. The summed E-state index contributed by atoms with van der Waals surface area (Å²) in [4.78, 5) is 16.3. The number of nitrogens with one attached hydrogen (secondary N) is 1. The van der Waals surface area contributed by atoms with Crippen LogP contribution in [0.4, 0.5) is 0 Å². The van der Waals surface area contributed by atoms with Gasteiger partial charge in [-0.25, -0.2) is 13.2 Å². The van der Waals surface area contributed by atoms with E-state index in [-0.39, 0.29) is 15.8 Å². The van der Waals surface area contributed by atoms with Crippen molar-refractivity contribution in [1.29, 1.82) is 0 Å². The van der Waals surface area contributed by atoms with E-state index < -0.39 is 16.0 Å². The van der Waals surface area contributed by atoms with Gasteiger partial charge in [-0.3, -0.25) is 4.98 Å². The topological polar surface area (TPSA) is 88.6 Å². The second-order valence-corrected chi connectivity index (χ2v) is 8.40. The summed E-state index contributed by atoms with van der Waals surface area (Å²) < 4.78 is 32.9. The molecule has 0 spiro atoms. The van der Waals surface area contributed by atoms with Crippen molar-refractivity contribution in [2.45, 2.75) is 17.9 Å². The third-order valence-electron chi connectivity index (χ3n) is 4.12. The first-order valence-corrected chi connectivity index (χ1v) is 10.1. The van der Waals surface area contributed by atoms with Gasteiger partial charge in [0.05, 0.1) is 13.2 Å². The standard InChI is InChI=1S/C16H19N3O4S2/c1-11-10-24-14(16(20)23-2)15(11)25(21,22)19-7-6-18-9-13(19)12-4-3-5-17-8-12/h3-5,8,10,13,18H,6-7,9H2,1-2H3. The van der Waals surface area contributed by atoms with E-state index in [9.17, 15) is 13.2 Å². The van der Waals surface area contributed by atoms with Crippen LogP contribution >= 0.6 is 11.3 Å². The number of thiophene rings is 1. The first kappa shape index (κ1) is 18.0. The molecular weight excluding hydrogens is 362 g/mol. The third-order valence-corrected chi connectivity index (χ3v) is 7.42. The number of piperazine rings is 1. The molecule has 134 valence electrons. The lowest BCUT2D eigenvalue weighted by molar-refractivity contribution is 0.0602. The average Bonchev–Trinajstić information content (AvgIpc) is 3.04. The minimum atomic E-state index is -3.86.